The van der Waals surface area contributed by atoms with Gasteiger partial charge in [0.2, 0.25) is 0 Å². The van der Waals surface area contributed by atoms with Crippen molar-refractivity contribution < 1.29 is 43.9 Å². The van der Waals surface area contributed by atoms with Crippen LogP contribution in [0.4, 0.5) is 0 Å². The van der Waals surface area contributed by atoms with E-state index in [1.165, 1.54) is 20.5 Å². The lowest BCUT2D eigenvalue weighted by atomic mass is 10.1. The highest BCUT2D eigenvalue weighted by molar-refractivity contribution is 7.22. The number of hydrogen-bond donors (Lipinski definition) is 3. The number of ether oxygens (including phenoxy) is 4. The summed E-state index contributed by atoms with van der Waals surface area (Å²) in [6.07, 6.45) is 6.84. The Morgan fingerprint density at radius 3 is 1.67 bits per heavy atom. The Balaban J connectivity index is 0.000000211. The highest BCUT2D eigenvalue weighted by atomic mass is 32.1. The molecule has 4 aromatic carbocycles. The molecule has 3 aromatic heterocycles. The maximum absolute atomic E-state index is 10.6. The predicted molar refractivity (Wildman–Crippen MR) is 248 cm³/mol. The molecule has 0 aliphatic heterocycles. The van der Waals surface area contributed by atoms with Crippen LogP contribution in [0.1, 0.15) is 69.8 Å². The third kappa shape index (κ3) is 12.8. The van der Waals surface area contributed by atoms with Gasteiger partial charge in [0.05, 0.1) is 40.2 Å². The zero-order valence-corrected chi connectivity index (χ0v) is 37.2. The quantitative estimate of drug-likeness (QED) is 0.0494. The number of benzene rings is 4. The summed E-state index contributed by atoms with van der Waals surface area (Å²) in [5.41, 5.74) is 6.07. The van der Waals surface area contributed by atoms with E-state index in [4.69, 9.17) is 39.1 Å². The molecule has 0 unspecified atom stereocenters. The van der Waals surface area contributed by atoms with Crippen molar-refractivity contribution in [2.24, 2.45) is 0 Å². The number of phenols is 1. The molecule has 0 aliphatic rings. The van der Waals surface area contributed by atoms with Crippen molar-refractivity contribution in [2.45, 2.75) is 84.2 Å². The summed E-state index contributed by atoms with van der Waals surface area (Å²) in [7, 11) is 3.42. The molecular formula is C49H58N4O9S. The summed E-state index contributed by atoms with van der Waals surface area (Å²) in [4.78, 5) is 32.2. The summed E-state index contributed by atoms with van der Waals surface area (Å²) in [5.74, 6) is 2.14. The van der Waals surface area contributed by atoms with Gasteiger partial charge in [-0.05, 0) is 124 Å². The molecule has 13 nitrogen and oxygen atoms in total. The molecule has 14 heteroatoms. The van der Waals surface area contributed by atoms with Crippen LogP contribution in [0.25, 0.3) is 54.2 Å². The van der Waals surface area contributed by atoms with Crippen molar-refractivity contribution in [1.82, 2.24) is 19.1 Å². The van der Waals surface area contributed by atoms with Crippen LogP contribution in [0.15, 0.2) is 84.9 Å². The molecule has 0 radical (unpaired) electrons. The van der Waals surface area contributed by atoms with Crippen molar-refractivity contribution >= 4 is 55.4 Å². The van der Waals surface area contributed by atoms with Crippen LogP contribution in [0.2, 0.25) is 0 Å². The number of methoxy groups -OCH3 is 2. The summed E-state index contributed by atoms with van der Waals surface area (Å²) < 4.78 is 28.1. The standard InChI is InChI=1S/C26H30N2O4S.C23H28N2O5/c1-18-20-9-5-6-10-23(20)33-25(18)26-27-21-13-12-19(32-16-7-3-4-11-24(29)30)17-22(21)28(26)14-8-15-31-2;1-29-14-5-13-25-21-16-19(30-15-4-2-3-6-22(27)28)11-12-20(21)24-23(25)17-7-9-18(26)10-8-17/h5-6,9-10,12-13,17H,3-4,7-8,11,14-16H2,1-2H3,(H,29,30);7-12,16,26H,2-6,13-15H2,1H3,(H,27,28). The third-order valence-electron chi connectivity index (χ3n) is 10.7. The van der Waals surface area contributed by atoms with E-state index in [1.54, 1.807) is 37.7 Å². The van der Waals surface area contributed by atoms with Gasteiger partial charge in [0.1, 0.15) is 23.1 Å². The van der Waals surface area contributed by atoms with Gasteiger partial charge in [-0.2, -0.15) is 0 Å². The Morgan fingerprint density at radius 2 is 1.14 bits per heavy atom. The molecule has 0 saturated heterocycles. The molecule has 0 aliphatic carbocycles. The number of aliphatic carboxylic acids is 2. The van der Waals surface area contributed by atoms with Crippen molar-refractivity contribution in [3.8, 4) is 39.3 Å². The predicted octanol–water partition coefficient (Wildman–Crippen LogP) is 10.8. The number of hydrogen-bond acceptors (Lipinski definition) is 10. The topological polar surface area (TPSA) is 167 Å². The maximum Gasteiger partial charge on any atom is 0.303 e. The number of aromatic nitrogens is 4. The number of phenolic OH excluding ortho intramolecular Hbond substituents is 1. The summed E-state index contributed by atoms with van der Waals surface area (Å²) in [6, 6.07) is 27.4. The number of carbonyl (C=O) groups is 2. The lowest BCUT2D eigenvalue weighted by Crippen LogP contribution is -2.04. The van der Waals surface area contributed by atoms with Crippen molar-refractivity contribution in [1.29, 1.82) is 0 Å². The lowest BCUT2D eigenvalue weighted by Gasteiger charge is -2.10. The summed E-state index contributed by atoms with van der Waals surface area (Å²) in [5, 5.41) is 28.3. The molecule has 3 N–H and O–H groups in total. The van der Waals surface area contributed by atoms with Gasteiger partial charge in [-0.25, -0.2) is 9.97 Å². The van der Waals surface area contributed by atoms with Crippen molar-refractivity contribution in [3.05, 3.63) is 90.5 Å². The molecule has 0 atom stereocenters. The fourth-order valence-corrected chi connectivity index (χ4v) is 8.66. The van der Waals surface area contributed by atoms with Gasteiger partial charge < -0.3 is 43.4 Å². The van der Waals surface area contributed by atoms with Crippen LogP contribution in [0.5, 0.6) is 17.2 Å². The summed E-state index contributed by atoms with van der Waals surface area (Å²) in [6.45, 7) is 6.20. The fraction of sp³-hybridized carbons (Fsp3) is 0.388. The minimum Gasteiger partial charge on any atom is -0.508 e. The van der Waals surface area contributed by atoms with Gasteiger partial charge in [0.25, 0.3) is 0 Å². The number of nitrogens with zero attached hydrogens (tertiary/aromatic N) is 4. The van der Waals surface area contributed by atoms with E-state index in [9.17, 15) is 14.7 Å². The number of rotatable bonds is 24. The normalized spacial score (nSPS) is 11.3. The smallest absolute Gasteiger partial charge is 0.303 e. The van der Waals surface area contributed by atoms with Crippen molar-refractivity contribution in [2.75, 3.05) is 40.6 Å². The molecule has 7 rings (SSSR count). The molecule has 0 spiro atoms. The SMILES string of the molecule is COCCCn1c(-c2ccc(O)cc2)nc2ccc(OCCCCCC(=O)O)cc21.COCCCn1c(-c2sc3ccccc3c2C)nc2ccc(OCCCCCC(=O)O)cc21. The van der Waals surface area contributed by atoms with Crippen molar-refractivity contribution in [3.63, 3.8) is 0 Å². The molecule has 3 heterocycles. The van der Waals surface area contributed by atoms with E-state index < -0.39 is 11.9 Å². The van der Waals surface area contributed by atoms with E-state index in [2.05, 4.69) is 46.4 Å². The van der Waals surface area contributed by atoms with Crippen LogP contribution in [-0.4, -0.2) is 87.0 Å². The Kier molecular flexibility index (Phi) is 17.3. The molecule has 7 aromatic rings. The minimum atomic E-state index is -0.757. The second kappa shape index (κ2) is 23.5. The van der Waals surface area contributed by atoms with Gasteiger partial charge in [-0.3, -0.25) is 9.59 Å². The maximum atomic E-state index is 10.6. The number of imidazole rings is 2. The van der Waals surface area contributed by atoms with E-state index in [1.807, 2.05) is 42.5 Å². The van der Waals surface area contributed by atoms with Crippen LogP contribution >= 0.6 is 11.3 Å². The number of fused-ring (bicyclic) bond motifs is 3. The van der Waals surface area contributed by atoms with E-state index in [0.29, 0.717) is 39.3 Å². The molecule has 0 saturated carbocycles. The second-order valence-electron chi connectivity index (χ2n) is 15.4. The number of carboxylic acid groups (broad SMARTS) is 2. The van der Waals surface area contributed by atoms with E-state index >= 15 is 0 Å². The molecular weight excluding hydrogens is 821 g/mol. The molecule has 0 fully saturated rings. The van der Waals surface area contributed by atoms with Gasteiger partial charge in [-0.1, -0.05) is 18.2 Å². The minimum absolute atomic E-state index is 0.201. The Bertz CT molecular complexity index is 2560. The number of aromatic hydroxyl groups is 1. The van der Waals surface area contributed by atoms with Gasteiger partial charge in [0.15, 0.2) is 5.82 Å². The first-order valence-electron chi connectivity index (χ1n) is 21.6. The fourth-order valence-electron chi connectivity index (χ4n) is 7.45. The number of aryl methyl sites for hydroxylation is 3. The number of thiophene rings is 1. The Hall–Kier alpha value is -5.96. The Labute approximate surface area is 371 Å². The van der Waals surface area contributed by atoms with Crippen LogP contribution in [0.3, 0.4) is 0 Å². The zero-order valence-electron chi connectivity index (χ0n) is 36.4. The first-order chi connectivity index (χ1) is 30.7. The first kappa shape index (κ1) is 46.5. The largest absolute Gasteiger partial charge is 0.508 e. The first-order valence-corrected chi connectivity index (χ1v) is 22.4. The molecule has 334 valence electrons. The van der Waals surface area contributed by atoms with Gasteiger partial charge in [-0.15, -0.1) is 11.3 Å². The number of unbranched alkanes of at least 4 members (excludes halogenated alkanes) is 4. The Morgan fingerprint density at radius 1 is 0.619 bits per heavy atom. The van der Waals surface area contributed by atoms with Crippen LogP contribution < -0.4 is 9.47 Å². The lowest BCUT2D eigenvalue weighted by molar-refractivity contribution is -0.138. The second-order valence-corrected chi connectivity index (χ2v) is 16.4. The highest BCUT2D eigenvalue weighted by Gasteiger charge is 2.19. The zero-order chi connectivity index (χ0) is 44.6. The monoisotopic (exact) mass is 878 g/mol. The molecule has 0 amide bonds. The molecule has 0 bridgehead atoms. The van der Waals surface area contributed by atoms with Gasteiger partial charge in [0, 0.05) is 75.8 Å². The van der Waals surface area contributed by atoms with E-state index in [0.717, 1.165) is 102 Å². The number of carboxylic acids is 2. The highest BCUT2D eigenvalue weighted by Crippen LogP contribution is 2.39. The van der Waals surface area contributed by atoms with Crippen LogP contribution in [-0.2, 0) is 32.2 Å². The van der Waals surface area contributed by atoms with Gasteiger partial charge >= 0.3 is 11.9 Å². The summed E-state index contributed by atoms with van der Waals surface area (Å²) >= 11 is 1.79. The van der Waals surface area contributed by atoms with E-state index in [-0.39, 0.29) is 18.6 Å². The molecule has 63 heavy (non-hydrogen) atoms. The van der Waals surface area contributed by atoms with Crippen LogP contribution in [0, 0.1) is 6.92 Å². The average molecular weight is 879 g/mol. The third-order valence-corrected chi connectivity index (χ3v) is 11.9. The average Bonchev–Trinajstić information content (AvgIpc) is 3.94.